The number of rotatable bonds is 8. The number of carbonyl (C=O) groups is 5. The highest BCUT2D eigenvalue weighted by molar-refractivity contribution is 5.94. The number of hydrogen-bond donors (Lipinski definition) is 0. The van der Waals surface area contributed by atoms with Crippen LogP contribution in [0.15, 0.2) is 24.3 Å². The summed E-state index contributed by atoms with van der Waals surface area (Å²) in [5.41, 5.74) is 0.448. The third kappa shape index (κ3) is 7.56. The Kier molecular flexibility index (Phi) is 8.92. The highest BCUT2D eigenvalue weighted by Crippen LogP contribution is 2.31. The Morgan fingerprint density at radius 2 is 1.24 bits per heavy atom. The van der Waals surface area contributed by atoms with Crippen LogP contribution in [0.2, 0.25) is 0 Å². The smallest absolute Gasteiger partial charge is 0.303 e. The van der Waals surface area contributed by atoms with E-state index in [0.717, 1.165) is 20.8 Å². The molecule has 0 bridgehead atoms. The maximum Gasteiger partial charge on any atom is 0.303 e. The van der Waals surface area contributed by atoms with Gasteiger partial charge in [0, 0.05) is 33.3 Å². The lowest BCUT2D eigenvalue weighted by Gasteiger charge is -2.43. The summed E-state index contributed by atoms with van der Waals surface area (Å²) in [5.74, 6) is -2.72. The number of ketones is 1. The molecule has 5 unspecified atom stereocenters. The largest absolute Gasteiger partial charge is 0.463 e. The van der Waals surface area contributed by atoms with E-state index in [4.69, 9.17) is 28.4 Å². The maximum atomic E-state index is 11.8. The van der Waals surface area contributed by atoms with Crippen LogP contribution in [0.3, 0.4) is 0 Å². The Balaban J connectivity index is 2.43. The monoisotopic (exact) mass is 466 g/mol. The molecular weight excluding hydrogens is 440 g/mol. The second-order valence-corrected chi connectivity index (χ2v) is 7.27. The molecule has 0 aromatic heterocycles. The van der Waals surface area contributed by atoms with Crippen LogP contribution in [-0.4, -0.2) is 67.0 Å². The molecule has 0 N–H and O–H groups in total. The predicted octanol–water partition coefficient (Wildman–Crippen LogP) is 1.35. The van der Waals surface area contributed by atoms with Crippen molar-refractivity contribution in [3.8, 4) is 5.75 Å². The first-order valence-corrected chi connectivity index (χ1v) is 10.1. The Morgan fingerprint density at radius 1 is 0.727 bits per heavy atom. The Hall–Kier alpha value is -3.47. The van der Waals surface area contributed by atoms with E-state index in [1.54, 1.807) is 0 Å². The van der Waals surface area contributed by atoms with E-state index < -0.39 is 54.6 Å². The maximum absolute atomic E-state index is 11.8. The van der Waals surface area contributed by atoms with Crippen molar-refractivity contribution < 1.29 is 52.4 Å². The van der Waals surface area contributed by atoms with Gasteiger partial charge in [-0.15, -0.1) is 0 Å². The van der Waals surface area contributed by atoms with Crippen LogP contribution in [0.5, 0.6) is 5.75 Å². The molecule has 2 rings (SSSR count). The van der Waals surface area contributed by atoms with Gasteiger partial charge in [0.2, 0.25) is 12.4 Å². The first-order chi connectivity index (χ1) is 15.5. The summed E-state index contributed by atoms with van der Waals surface area (Å²) in [6.45, 7) is 5.63. The lowest BCUT2D eigenvalue weighted by atomic mass is 9.98. The van der Waals surface area contributed by atoms with Gasteiger partial charge >= 0.3 is 23.9 Å². The first-order valence-electron chi connectivity index (χ1n) is 10.1. The summed E-state index contributed by atoms with van der Waals surface area (Å²) in [7, 11) is 0. The third-order valence-electron chi connectivity index (χ3n) is 4.46. The standard InChI is InChI=1S/C22H26O11/c1-11(23)16-6-8-17(9-7-16)32-22-21(31-15(5)27)20(30-14(4)26)19(29-13(3)25)18(33-22)10-28-12(2)24/h6-9,18-22H,10H2,1-5H3. The number of esters is 4. The topological polar surface area (TPSA) is 141 Å². The zero-order valence-corrected chi connectivity index (χ0v) is 18.9. The molecule has 1 aromatic rings. The molecule has 0 spiro atoms. The number of benzene rings is 1. The highest BCUT2D eigenvalue weighted by Gasteiger charge is 2.53. The summed E-state index contributed by atoms with van der Waals surface area (Å²) in [5, 5.41) is 0. The lowest BCUT2D eigenvalue weighted by Crippen LogP contribution is -2.63. The molecule has 1 saturated heterocycles. The minimum Gasteiger partial charge on any atom is -0.463 e. The number of Topliss-reactive ketones (excluding diaryl/α,β-unsaturated/α-hetero) is 1. The molecule has 11 heteroatoms. The molecule has 0 aliphatic carbocycles. The van der Waals surface area contributed by atoms with Crippen molar-refractivity contribution in [2.45, 2.75) is 65.3 Å². The summed E-state index contributed by atoms with van der Waals surface area (Å²) in [6, 6.07) is 6.07. The molecule has 180 valence electrons. The van der Waals surface area contributed by atoms with Crippen LogP contribution >= 0.6 is 0 Å². The first kappa shape index (κ1) is 25.8. The second-order valence-electron chi connectivity index (χ2n) is 7.27. The van der Waals surface area contributed by atoms with E-state index in [0.29, 0.717) is 5.56 Å². The summed E-state index contributed by atoms with van der Waals surface area (Å²) in [4.78, 5) is 58.2. The predicted molar refractivity (Wildman–Crippen MR) is 109 cm³/mol. The van der Waals surface area contributed by atoms with Gasteiger partial charge in [0.05, 0.1) is 0 Å². The average molecular weight is 466 g/mol. The number of carbonyl (C=O) groups excluding carboxylic acids is 5. The lowest BCUT2D eigenvalue weighted by molar-refractivity contribution is -0.288. The normalized spacial score (nSPS) is 24.2. The SMILES string of the molecule is CC(=O)OCC1OC(Oc2ccc(C(C)=O)cc2)C(OC(C)=O)C(OC(C)=O)C1OC(C)=O. The van der Waals surface area contributed by atoms with Gasteiger partial charge in [-0.1, -0.05) is 0 Å². The molecular formula is C22H26O11. The minimum atomic E-state index is -1.34. The molecule has 1 aliphatic heterocycles. The molecule has 1 heterocycles. The number of ether oxygens (including phenoxy) is 6. The Labute approximate surface area is 190 Å². The summed E-state index contributed by atoms with van der Waals surface area (Å²) < 4.78 is 32.6. The van der Waals surface area contributed by atoms with Gasteiger partial charge in [-0.25, -0.2) is 0 Å². The van der Waals surface area contributed by atoms with Crippen molar-refractivity contribution in [2.75, 3.05) is 6.61 Å². The van der Waals surface area contributed by atoms with Crippen LogP contribution < -0.4 is 4.74 Å². The summed E-state index contributed by atoms with van der Waals surface area (Å²) in [6.07, 6.45) is -6.39. The van der Waals surface area contributed by atoms with Crippen LogP contribution in [0.1, 0.15) is 45.0 Å². The van der Waals surface area contributed by atoms with Crippen LogP contribution in [0.25, 0.3) is 0 Å². The molecule has 1 aromatic carbocycles. The highest BCUT2D eigenvalue weighted by atomic mass is 16.7. The molecule has 33 heavy (non-hydrogen) atoms. The zero-order chi connectivity index (χ0) is 24.7. The average Bonchev–Trinajstić information content (AvgIpc) is 2.70. The Bertz CT molecular complexity index is 892. The van der Waals surface area contributed by atoms with Gasteiger partial charge < -0.3 is 28.4 Å². The van der Waals surface area contributed by atoms with Gasteiger partial charge in [0.25, 0.3) is 0 Å². The van der Waals surface area contributed by atoms with E-state index in [2.05, 4.69) is 0 Å². The van der Waals surface area contributed by atoms with Crippen molar-refractivity contribution >= 4 is 29.7 Å². The van der Waals surface area contributed by atoms with Gasteiger partial charge in [-0.3, -0.25) is 24.0 Å². The van der Waals surface area contributed by atoms with Gasteiger partial charge in [-0.05, 0) is 31.2 Å². The van der Waals surface area contributed by atoms with Gasteiger partial charge in [-0.2, -0.15) is 0 Å². The van der Waals surface area contributed by atoms with Gasteiger partial charge in [0.15, 0.2) is 18.0 Å². The van der Waals surface area contributed by atoms with Crippen LogP contribution in [0, 0.1) is 0 Å². The van der Waals surface area contributed by atoms with E-state index in [1.165, 1.54) is 38.1 Å². The van der Waals surface area contributed by atoms with Crippen molar-refractivity contribution in [1.29, 1.82) is 0 Å². The summed E-state index contributed by atoms with van der Waals surface area (Å²) >= 11 is 0. The zero-order valence-electron chi connectivity index (χ0n) is 18.9. The fourth-order valence-electron chi connectivity index (χ4n) is 3.19. The molecule has 0 radical (unpaired) electrons. The van der Waals surface area contributed by atoms with Gasteiger partial charge in [0.1, 0.15) is 18.5 Å². The second kappa shape index (κ2) is 11.4. The van der Waals surface area contributed by atoms with E-state index in [1.807, 2.05) is 0 Å². The Morgan fingerprint density at radius 3 is 1.73 bits per heavy atom. The van der Waals surface area contributed by atoms with Crippen molar-refractivity contribution in [2.24, 2.45) is 0 Å². The quantitative estimate of drug-likeness (QED) is 0.311. The van der Waals surface area contributed by atoms with E-state index in [-0.39, 0.29) is 18.1 Å². The van der Waals surface area contributed by atoms with E-state index >= 15 is 0 Å². The molecule has 0 amide bonds. The number of hydrogen-bond acceptors (Lipinski definition) is 11. The van der Waals surface area contributed by atoms with Crippen LogP contribution in [-0.2, 0) is 42.9 Å². The molecule has 1 aliphatic rings. The fourth-order valence-corrected chi connectivity index (χ4v) is 3.19. The third-order valence-corrected chi connectivity index (χ3v) is 4.46. The molecule has 11 nitrogen and oxygen atoms in total. The van der Waals surface area contributed by atoms with Crippen LogP contribution in [0.4, 0.5) is 0 Å². The fraction of sp³-hybridized carbons (Fsp3) is 0.500. The molecule has 5 atom stereocenters. The van der Waals surface area contributed by atoms with E-state index in [9.17, 15) is 24.0 Å². The van der Waals surface area contributed by atoms with Crippen molar-refractivity contribution in [1.82, 2.24) is 0 Å². The van der Waals surface area contributed by atoms with Crippen molar-refractivity contribution in [3.63, 3.8) is 0 Å². The molecule has 1 fully saturated rings. The molecule has 0 saturated carbocycles. The van der Waals surface area contributed by atoms with Crippen molar-refractivity contribution in [3.05, 3.63) is 29.8 Å². The minimum absolute atomic E-state index is 0.145.